The van der Waals surface area contributed by atoms with Gasteiger partial charge in [0.25, 0.3) is 5.91 Å². The molecule has 3 aromatic rings. The van der Waals surface area contributed by atoms with Gasteiger partial charge in [0.15, 0.2) is 0 Å². The van der Waals surface area contributed by atoms with Crippen LogP contribution < -0.4 is 10.1 Å². The molecular formula is C23H27N3O3S. The van der Waals surface area contributed by atoms with E-state index >= 15 is 0 Å². The number of nitrogens with one attached hydrogen (secondary N) is 1. The highest BCUT2D eigenvalue weighted by atomic mass is 32.2. The molecule has 0 bridgehead atoms. The number of thioether (sulfide) groups is 1. The highest BCUT2D eigenvalue weighted by molar-refractivity contribution is 7.98. The number of carbonyl (C=O) groups is 1. The molecule has 0 spiro atoms. The van der Waals surface area contributed by atoms with Crippen LogP contribution in [-0.4, -0.2) is 29.2 Å². The number of aromatic nitrogens is 2. The SMILES string of the molecule is Cc1cc(CSc2ncccc2C(=O)NCCOc2ccc(C(C)(C)C)cc2)no1. The van der Waals surface area contributed by atoms with Crippen molar-refractivity contribution in [2.45, 2.75) is 43.9 Å². The summed E-state index contributed by atoms with van der Waals surface area (Å²) < 4.78 is 10.8. The number of nitrogens with zero attached hydrogens (tertiary/aromatic N) is 2. The standard InChI is InChI=1S/C23H27N3O3S/c1-16-14-18(26-29-16)15-30-22-20(6-5-11-25-22)21(27)24-12-13-28-19-9-7-17(8-10-19)23(2,3)4/h5-11,14H,12-13,15H2,1-4H3,(H,24,27). The molecule has 2 aromatic heterocycles. The van der Waals surface area contributed by atoms with Gasteiger partial charge in [0.05, 0.1) is 17.8 Å². The molecule has 1 N–H and O–H groups in total. The third-order valence-electron chi connectivity index (χ3n) is 4.43. The van der Waals surface area contributed by atoms with Crippen molar-refractivity contribution in [3.63, 3.8) is 0 Å². The van der Waals surface area contributed by atoms with Crippen molar-refractivity contribution in [1.82, 2.24) is 15.5 Å². The molecule has 158 valence electrons. The van der Waals surface area contributed by atoms with Crippen LogP contribution in [0, 0.1) is 6.92 Å². The molecule has 7 heteroatoms. The summed E-state index contributed by atoms with van der Waals surface area (Å²) in [6, 6.07) is 13.5. The number of benzene rings is 1. The van der Waals surface area contributed by atoms with Gasteiger partial charge in [0, 0.05) is 18.0 Å². The summed E-state index contributed by atoms with van der Waals surface area (Å²) in [6.45, 7) is 9.17. The summed E-state index contributed by atoms with van der Waals surface area (Å²) in [5.74, 6) is 1.96. The fourth-order valence-corrected chi connectivity index (χ4v) is 3.66. The highest BCUT2D eigenvalue weighted by Gasteiger charge is 2.14. The minimum atomic E-state index is -0.173. The predicted molar refractivity (Wildman–Crippen MR) is 118 cm³/mol. The van der Waals surface area contributed by atoms with Gasteiger partial charge in [0.2, 0.25) is 0 Å². The van der Waals surface area contributed by atoms with E-state index in [9.17, 15) is 4.79 Å². The van der Waals surface area contributed by atoms with E-state index in [-0.39, 0.29) is 11.3 Å². The van der Waals surface area contributed by atoms with E-state index in [0.717, 1.165) is 17.2 Å². The molecule has 0 fully saturated rings. The van der Waals surface area contributed by atoms with Crippen molar-refractivity contribution >= 4 is 17.7 Å². The summed E-state index contributed by atoms with van der Waals surface area (Å²) in [5.41, 5.74) is 2.72. The largest absolute Gasteiger partial charge is 0.492 e. The summed E-state index contributed by atoms with van der Waals surface area (Å²) >= 11 is 1.46. The summed E-state index contributed by atoms with van der Waals surface area (Å²) in [5, 5.41) is 7.53. The average molecular weight is 426 g/mol. The second-order valence-corrected chi connectivity index (χ2v) is 8.92. The lowest BCUT2D eigenvalue weighted by Gasteiger charge is -2.19. The number of amides is 1. The topological polar surface area (TPSA) is 77.2 Å². The summed E-state index contributed by atoms with van der Waals surface area (Å²) in [6.07, 6.45) is 1.68. The maximum absolute atomic E-state index is 12.6. The molecule has 0 unspecified atom stereocenters. The van der Waals surface area contributed by atoms with Gasteiger partial charge in [-0.25, -0.2) is 4.98 Å². The Morgan fingerprint density at radius 3 is 2.63 bits per heavy atom. The first-order valence-corrected chi connectivity index (χ1v) is 10.8. The lowest BCUT2D eigenvalue weighted by Crippen LogP contribution is -2.28. The normalized spacial score (nSPS) is 11.3. The first kappa shape index (κ1) is 21.9. The van der Waals surface area contributed by atoms with Gasteiger partial charge in [0.1, 0.15) is 23.1 Å². The molecular weight excluding hydrogens is 398 g/mol. The average Bonchev–Trinajstić information content (AvgIpc) is 3.14. The molecule has 0 radical (unpaired) electrons. The van der Waals surface area contributed by atoms with E-state index in [1.807, 2.05) is 25.1 Å². The van der Waals surface area contributed by atoms with Gasteiger partial charge in [-0.05, 0) is 42.2 Å². The number of pyridine rings is 1. The quantitative estimate of drug-likeness (QED) is 0.414. The number of carbonyl (C=O) groups excluding carboxylic acids is 1. The van der Waals surface area contributed by atoms with E-state index in [4.69, 9.17) is 9.26 Å². The van der Waals surface area contributed by atoms with Crippen LogP contribution in [0.15, 0.2) is 58.2 Å². The summed E-state index contributed by atoms with van der Waals surface area (Å²) in [4.78, 5) is 16.9. The summed E-state index contributed by atoms with van der Waals surface area (Å²) in [7, 11) is 0. The second-order valence-electron chi connectivity index (χ2n) is 7.95. The van der Waals surface area contributed by atoms with Crippen LogP contribution in [0.3, 0.4) is 0 Å². The molecule has 0 aliphatic heterocycles. The molecule has 1 amide bonds. The van der Waals surface area contributed by atoms with E-state index in [0.29, 0.717) is 29.5 Å². The number of hydrogen-bond acceptors (Lipinski definition) is 6. The van der Waals surface area contributed by atoms with Crippen LogP contribution in [0.2, 0.25) is 0 Å². The van der Waals surface area contributed by atoms with Crippen LogP contribution in [0.5, 0.6) is 5.75 Å². The van der Waals surface area contributed by atoms with Crippen molar-refractivity contribution in [3.05, 3.63) is 71.2 Å². The van der Waals surface area contributed by atoms with Crippen molar-refractivity contribution in [2.75, 3.05) is 13.2 Å². The Bertz CT molecular complexity index is 978. The Balaban J connectivity index is 1.49. The van der Waals surface area contributed by atoms with Gasteiger partial charge in [-0.2, -0.15) is 0 Å². The first-order valence-electron chi connectivity index (χ1n) is 9.84. The molecule has 1 aromatic carbocycles. The molecule has 30 heavy (non-hydrogen) atoms. The van der Waals surface area contributed by atoms with E-state index in [2.05, 4.69) is 48.4 Å². The molecule has 2 heterocycles. The molecule has 0 saturated carbocycles. The van der Waals surface area contributed by atoms with Gasteiger partial charge in [-0.3, -0.25) is 4.79 Å². The van der Waals surface area contributed by atoms with Gasteiger partial charge in [-0.15, -0.1) is 0 Å². The van der Waals surface area contributed by atoms with Crippen LogP contribution >= 0.6 is 11.8 Å². The Morgan fingerprint density at radius 2 is 1.97 bits per heavy atom. The molecule has 0 aliphatic carbocycles. The van der Waals surface area contributed by atoms with Gasteiger partial charge < -0.3 is 14.6 Å². The van der Waals surface area contributed by atoms with Crippen LogP contribution in [-0.2, 0) is 11.2 Å². The molecule has 0 atom stereocenters. The van der Waals surface area contributed by atoms with E-state index in [1.54, 1.807) is 18.3 Å². The first-order chi connectivity index (χ1) is 14.3. The van der Waals surface area contributed by atoms with Crippen molar-refractivity contribution in [1.29, 1.82) is 0 Å². The maximum atomic E-state index is 12.6. The maximum Gasteiger partial charge on any atom is 0.254 e. The van der Waals surface area contributed by atoms with Gasteiger partial charge in [-0.1, -0.05) is 49.8 Å². The minimum absolute atomic E-state index is 0.110. The zero-order valence-corrected chi connectivity index (χ0v) is 18.6. The zero-order valence-electron chi connectivity index (χ0n) is 17.8. The van der Waals surface area contributed by atoms with Crippen molar-refractivity contribution < 1.29 is 14.1 Å². The second kappa shape index (κ2) is 9.80. The Labute approximate surface area is 181 Å². The lowest BCUT2D eigenvalue weighted by atomic mass is 9.87. The number of rotatable bonds is 8. The molecule has 6 nitrogen and oxygen atoms in total. The van der Waals surface area contributed by atoms with Crippen molar-refractivity contribution in [2.24, 2.45) is 0 Å². The Hall–Kier alpha value is -2.80. The van der Waals surface area contributed by atoms with Crippen LogP contribution in [0.25, 0.3) is 0 Å². The zero-order chi connectivity index (χ0) is 21.6. The molecule has 3 rings (SSSR count). The van der Waals surface area contributed by atoms with Gasteiger partial charge >= 0.3 is 0 Å². The van der Waals surface area contributed by atoms with E-state index in [1.165, 1.54) is 17.3 Å². The third kappa shape index (κ3) is 6.10. The number of hydrogen-bond donors (Lipinski definition) is 1. The fraction of sp³-hybridized carbons (Fsp3) is 0.348. The number of aryl methyl sites for hydroxylation is 1. The van der Waals surface area contributed by atoms with E-state index < -0.39 is 0 Å². The monoisotopic (exact) mass is 425 g/mol. The Morgan fingerprint density at radius 1 is 1.20 bits per heavy atom. The number of ether oxygens (including phenoxy) is 1. The fourth-order valence-electron chi connectivity index (χ4n) is 2.79. The van der Waals surface area contributed by atoms with Crippen molar-refractivity contribution in [3.8, 4) is 5.75 Å². The lowest BCUT2D eigenvalue weighted by molar-refractivity contribution is 0.0943. The van der Waals surface area contributed by atoms with Crippen LogP contribution in [0.1, 0.15) is 48.1 Å². The Kier molecular flexibility index (Phi) is 7.15. The molecule has 0 saturated heterocycles. The molecule has 0 aliphatic rings. The minimum Gasteiger partial charge on any atom is -0.492 e. The smallest absolute Gasteiger partial charge is 0.254 e. The van der Waals surface area contributed by atoms with Crippen LogP contribution in [0.4, 0.5) is 0 Å². The predicted octanol–water partition coefficient (Wildman–Crippen LogP) is 4.78. The third-order valence-corrected chi connectivity index (χ3v) is 5.46. The highest BCUT2D eigenvalue weighted by Crippen LogP contribution is 2.25.